The number of benzene rings is 2. The second kappa shape index (κ2) is 10.7. The van der Waals surface area contributed by atoms with E-state index >= 15 is 0 Å². The molecule has 9 heteroatoms. The van der Waals surface area contributed by atoms with E-state index in [-0.39, 0.29) is 17.0 Å². The van der Waals surface area contributed by atoms with Crippen LogP contribution in [0.25, 0.3) is 0 Å². The lowest BCUT2D eigenvalue weighted by Gasteiger charge is -2.19. The van der Waals surface area contributed by atoms with E-state index < -0.39 is 28.0 Å². The summed E-state index contributed by atoms with van der Waals surface area (Å²) < 4.78 is 32.1. The van der Waals surface area contributed by atoms with Crippen LogP contribution in [0.1, 0.15) is 42.3 Å². The molecule has 2 aromatic carbocycles. The van der Waals surface area contributed by atoms with Gasteiger partial charge in [-0.05, 0) is 49.2 Å². The topological polar surface area (TPSA) is 92.8 Å². The predicted octanol–water partition coefficient (Wildman–Crippen LogP) is 3.54. The van der Waals surface area contributed by atoms with Gasteiger partial charge in [0.2, 0.25) is 10.0 Å². The standard InChI is InChI=1S/C22H27ClN2O5S/c1-5-25(6-2)31(28,29)19-12-7-15(3)20(13-19)22(27)30-16(4)21(26)24-14-17-8-10-18(23)11-9-17/h7-13,16H,5-6,14H2,1-4H3,(H,24,26). The van der Waals surface area contributed by atoms with Gasteiger partial charge in [-0.3, -0.25) is 4.79 Å². The van der Waals surface area contributed by atoms with Crippen LogP contribution in [0.3, 0.4) is 0 Å². The Kier molecular flexibility index (Phi) is 8.61. The zero-order valence-corrected chi connectivity index (χ0v) is 19.6. The highest BCUT2D eigenvalue weighted by Crippen LogP contribution is 2.20. The molecule has 0 aliphatic carbocycles. The summed E-state index contributed by atoms with van der Waals surface area (Å²) >= 11 is 5.84. The maximum absolute atomic E-state index is 12.8. The van der Waals surface area contributed by atoms with Crippen LogP contribution < -0.4 is 5.32 Å². The fourth-order valence-corrected chi connectivity index (χ4v) is 4.52. The molecule has 1 N–H and O–H groups in total. The molecule has 0 aromatic heterocycles. The molecule has 0 aliphatic heterocycles. The molecule has 7 nitrogen and oxygen atoms in total. The van der Waals surface area contributed by atoms with E-state index in [4.69, 9.17) is 16.3 Å². The molecule has 0 saturated carbocycles. The summed E-state index contributed by atoms with van der Waals surface area (Å²) in [6, 6.07) is 11.3. The number of aryl methyl sites for hydroxylation is 1. The van der Waals surface area contributed by atoms with Crippen LogP contribution in [0, 0.1) is 6.92 Å². The average Bonchev–Trinajstić information content (AvgIpc) is 2.73. The zero-order chi connectivity index (χ0) is 23.2. The average molecular weight is 467 g/mol. The number of esters is 1. The molecule has 0 radical (unpaired) electrons. The molecule has 0 saturated heterocycles. The summed E-state index contributed by atoms with van der Waals surface area (Å²) in [6.07, 6.45) is -1.05. The Morgan fingerprint density at radius 1 is 1.10 bits per heavy atom. The quantitative estimate of drug-likeness (QED) is 0.570. The second-order valence-corrected chi connectivity index (χ2v) is 9.33. The number of nitrogens with zero attached hydrogens (tertiary/aromatic N) is 1. The third kappa shape index (κ3) is 6.29. The van der Waals surface area contributed by atoms with Crippen molar-refractivity contribution in [2.75, 3.05) is 13.1 Å². The van der Waals surface area contributed by atoms with Crippen LogP contribution >= 0.6 is 11.6 Å². The van der Waals surface area contributed by atoms with Gasteiger partial charge in [0, 0.05) is 24.7 Å². The highest BCUT2D eigenvalue weighted by molar-refractivity contribution is 7.89. The lowest BCUT2D eigenvalue weighted by molar-refractivity contribution is -0.129. The lowest BCUT2D eigenvalue weighted by atomic mass is 10.1. The van der Waals surface area contributed by atoms with Crippen molar-refractivity contribution in [3.05, 3.63) is 64.2 Å². The van der Waals surface area contributed by atoms with Gasteiger partial charge in [0.1, 0.15) is 0 Å². The number of carbonyl (C=O) groups excluding carboxylic acids is 2. The third-order valence-electron chi connectivity index (χ3n) is 4.81. The van der Waals surface area contributed by atoms with Crippen molar-refractivity contribution in [2.24, 2.45) is 0 Å². The number of rotatable bonds is 9. The molecule has 0 fully saturated rings. The molecule has 0 spiro atoms. The Hall–Kier alpha value is -2.42. The minimum atomic E-state index is -3.72. The smallest absolute Gasteiger partial charge is 0.339 e. The molecule has 0 heterocycles. The summed E-state index contributed by atoms with van der Waals surface area (Å²) in [7, 11) is -3.72. The molecule has 31 heavy (non-hydrogen) atoms. The molecular formula is C22H27ClN2O5S. The first-order chi connectivity index (χ1) is 14.6. The minimum Gasteiger partial charge on any atom is -0.449 e. The molecule has 2 rings (SSSR count). The highest BCUT2D eigenvalue weighted by Gasteiger charge is 2.25. The summed E-state index contributed by atoms with van der Waals surface area (Å²) in [6.45, 7) is 7.52. The van der Waals surface area contributed by atoms with E-state index in [1.54, 1.807) is 51.1 Å². The van der Waals surface area contributed by atoms with Gasteiger partial charge < -0.3 is 10.1 Å². The first-order valence-electron chi connectivity index (χ1n) is 9.94. The van der Waals surface area contributed by atoms with Crippen molar-refractivity contribution in [3.63, 3.8) is 0 Å². The maximum atomic E-state index is 12.8. The van der Waals surface area contributed by atoms with Crippen molar-refractivity contribution in [1.82, 2.24) is 9.62 Å². The number of sulfonamides is 1. The van der Waals surface area contributed by atoms with E-state index in [0.717, 1.165) is 5.56 Å². The van der Waals surface area contributed by atoms with E-state index in [1.807, 2.05) is 0 Å². The Bertz CT molecular complexity index is 1030. The Balaban J connectivity index is 2.10. The largest absolute Gasteiger partial charge is 0.449 e. The Morgan fingerprint density at radius 3 is 2.29 bits per heavy atom. The fraction of sp³-hybridized carbons (Fsp3) is 0.364. The van der Waals surface area contributed by atoms with Crippen molar-refractivity contribution in [2.45, 2.75) is 45.2 Å². The molecule has 1 unspecified atom stereocenters. The minimum absolute atomic E-state index is 0.00796. The van der Waals surface area contributed by atoms with Gasteiger partial charge in [-0.2, -0.15) is 4.31 Å². The lowest BCUT2D eigenvalue weighted by Crippen LogP contribution is -2.35. The summed E-state index contributed by atoms with van der Waals surface area (Å²) in [4.78, 5) is 25.0. The van der Waals surface area contributed by atoms with Gasteiger partial charge in [0.05, 0.1) is 10.5 Å². The normalized spacial score (nSPS) is 12.5. The Morgan fingerprint density at radius 2 is 1.71 bits per heavy atom. The maximum Gasteiger partial charge on any atom is 0.339 e. The van der Waals surface area contributed by atoms with E-state index in [1.165, 1.54) is 23.4 Å². The molecule has 0 aliphatic rings. The van der Waals surface area contributed by atoms with Crippen molar-refractivity contribution < 1.29 is 22.7 Å². The van der Waals surface area contributed by atoms with Crippen LogP contribution in [0.5, 0.6) is 0 Å². The third-order valence-corrected chi connectivity index (χ3v) is 7.10. The molecule has 168 valence electrons. The fourth-order valence-electron chi connectivity index (χ4n) is 2.91. The summed E-state index contributed by atoms with van der Waals surface area (Å²) in [5, 5.41) is 3.29. The van der Waals surface area contributed by atoms with E-state index in [0.29, 0.717) is 23.7 Å². The number of hydrogen-bond acceptors (Lipinski definition) is 5. The van der Waals surface area contributed by atoms with E-state index in [2.05, 4.69) is 5.32 Å². The second-order valence-electron chi connectivity index (χ2n) is 6.96. The van der Waals surface area contributed by atoms with Crippen LogP contribution in [-0.2, 0) is 26.1 Å². The van der Waals surface area contributed by atoms with Gasteiger partial charge >= 0.3 is 5.97 Å². The van der Waals surface area contributed by atoms with Crippen LogP contribution in [-0.4, -0.2) is 43.8 Å². The molecular weight excluding hydrogens is 440 g/mol. The summed E-state index contributed by atoms with van der Waals surface area (Å²) in [5.41, 5.74) is 1.50. The van der Waals surface area contributed by atoms with Gasteiger partial charge in [0.25, 0.3) is 5.91 Å². The van der Waals surface area contributed by atoms with Crippen molar-refractivity contribution in [1.29, 1.82) is 0 Å². The SMILES string of the molecule is CCN(CC)S(=O)(=O)c1ccc(C)c(C(=O)OC(C)C(=O)NCc2ccc(Cl)cc2)c1. The highest BCUT2D eigenvalue weighted by atomic mass is 35.5. The van der Waals surface area contributed by atoms with Gasteiger partial charge in [-0.25, -0.2) is 13.2 Å². The molecule has 0 bridgehead atoms. The van der Waals surface area contributed by atoms with Crippen molar-refractivity contribution >= 4 is 33.5 Å². The monoisotopic (exact) mass is 466 g/mol. The van der Waals surface area contributed by atoms with Crippen LogP contribution in [0.4, 0.5) is 0 Å². The van der Waals surface area contributed by atoms with Crippen LogP contribution in [0.2, 0.25) is 5.02 Å². The molecule has 1 amide bonds. The van der Waals surface area contributed by atoms with Gasteiger partial charge in [0.15, 0.2) is 6.10 Å². The predicted molar refractivity (Wildman–Crippen MR) is 119 cm³/mol. The number of hydrogen-bond donors (Lipinski definition) is 1. The number of amides is 1. The van der Waals surface area contributed by atoms with Gasteiger partial charge in [-0.1, -0.05) is 43.6 Å². The van der Waals surface area contributed by atoms with Gasteiger partial charge in [-0.15, -0.1) is 0 Å². The number of halogens is 1. The Labute approximate surface area is 188 Å². The molecule has 1 atom stereocenters. The first-order valence-corrected chi connectivity index (χ1v) is 11.8. The number of carbonyl (C=O) groups is 2. The van der Waals surface area contributed by atoms with Crippen molar-refractivity contribution in [3.8, 4) is 0 Å². The zero-order valence-electron chi connectivity index (χ0n) is 18.0. The van der Waals surface area contributed by atoms with Crippen LogP contribution in [0.15, 0.2) is 47.4 Å². The number of ether oxygens (including phenoxy) is 1. The number of nitrogens with one attached hydrogen (secondary N) is 1. The van der Waals surface area contributed by atoms with E-state index in [9.17, 15) is 18.0 Å². The summed E-state index contributed by atoms with van der Waals surface area (Å²) in [5.74, 6) is -1.23. The molecule has 2 aromatic rings. The first kappa shape index (κ1) is 24.8.